The lowest BCUT2D eigenvalue weighted by Gasteiger charge is -2.27. The maximum absolute atomic E-state index is 11.6. The largest absolute Gasteiger partial charge is 0.388 e. The Balaban J connectivity index is 2.37. The molecule has 1 atom stereocenters. The van der Waals surface area contributed by atoms with Gasteiger partial charge in [-0.3, -0.25) is 4.79 Å². The molecule has 0 aromatic heterocycles. The van der Waals surface area contributed by atoms with Crippen molar-refractivity contribution in [2.24, 2.45) is 0 Å². The van der Waals surface area contributed by atoms with Gasteiger partial charge in [-0.2, -0.15) is 11.8 Å². The van der Waals surface area contributed by atoms with Gasteiger partial charge in [0.25, 0.3) is 0 Å². The molecule has 0 spiro atoms. The van der Waals surface area contributed by atoms with Crippen LogP contribution in [0.3, 0.4) is 0 Å². The first kappa shape index (κ1) is 13.8. The zero-order valence-corrected chi connectivity index (χ0v) is 11.1. The van der Waals surface area contributed by atoms with Crippen LogP contribution in [0.15, 0.2) is 0 Å². The first-order chi connectivity index (χ1) is 7.57. The van der Waals surface area contributed by atoms with E-state index in [1.807, 2.05) is 13.2 Å². The zero-order chi connectivity index (χ0) is 12.0. The third-order valence-corrected chi connectivity index (χ3v) is 4.27. The molecule has 16 heavy (non-hydrogen) atoms. The molecule has 1 unspecified atom stereocenters. The molecule has 1 aliphatic carbocycles. The molecule has 2 N–H and O–H groups in total. The summed E-state index contributed by atoms with van der Waals surface area (Å²) in [6, 6.07) is 0. The fourth-order valence-electron chi connectivity index (χ4n) is 2.07. The predicted octanol–water partition coefficient (Wildman–Crippen LogP) is 1.94. The average molecular weight is 245 g/mol. The molecule has 1 aliphatic rings. The summed E-state index contributed by atoms with van der Waals surface area (Å²) < 4.78 is 0. The molecule has 4 heteroatoms. The van der Waals surface area contributed by atoms with Crippen LogP contribution in [0.25, 0.3) is 0 Å². The Hall–Kier alpha value is -0.220. The van der Waals surface area contributed by atoms with Crippen LogP contribution in [0, 0.1) is 0 Å². The molecule has 0 radical (unpaired) electrons. The summed E-state index contributed by atoms with van der Waals surface area (Å²) >= 11 is 1.53. The van der Waals surface area contributed by atoms with E-state index in [1.165, 1.54) is 24.6 Å². The number of amides is 1. The van der Waals surface area contributed by atoms with Crippen LogP contribution in [0.5, 0.6) is 0 Å². The number of carbonyl (C=O) groups excluding carboxylic acids is 1. The quantitative estimate of drug-likeness (QED) is 0.744. The monoisotopic (exact) mass is 245 g/mol. The molecular formula is C12H23NO2S. The van der Waals surface area contributed by atoms with Crippen molar-refractivity contribution in [1.29, 1.82) is 0 Å². The summed E-state index contributed by atoms with van der Waals surface area (Å²) in [4.78, 5) is 11.6. The molecule has 0 aromatic carbocycles. The predicted molar refractivity (Wildman–Crippen MR) is 68.6 cm³/mol. The molecule has 94 valence electrons. The molecule has 1 fully saturated rings. The highest BCUT2D eigenvalue weighted by Gasteiger charge is 2.28. The zero-order valence-electron chi connectivity index (χ0n) is 10.3. The summed E-state index contributed by atoms with van der Waals surface area (Å²) in [7, 11) is 0. The number of carbonyl (C=O) groups is 1. The Bertz CT molecular complexity index is 225. The highest BCUT2D eigenvalue weighted by Crippen LogP contribution is 2.26. The van der Waals surface area contributed by atoms with Crippen molar-refractivity contribution >= 4 is 17.7 Å². The van der Waals surface area contributed by atoms with Crippen molar-refractivity contribution in [3.63, 3.8) is 0 Å². The third-order valence-electron chi connectivity index (χ3n) is 3.35. The Morgan fingerprint density at radius 1 is 1.38 bits per heavy atom. The topological polar surface area (TPSA) is 49.3 Å². The van der Waals surface area contributed by atoms with Crippen molar-refractivity contribution in [3.8, 4) is 0 Å². The fraction of sp³-hybridized carbons (Fsp3) is 0.917. The van der Waals surface area contributed by atoms with Crippen molar-refractivity contribution in [1.82, 2.24) is 5.32 Å². The van der Waals surface area contributed by atoms with Crippen LogP contribution in [-0.4, -0.2) is 34.7 Å². The SMILES string of the molecule is CSC(C)C(=O)NCC1(O)CCCCCC1. The minimum Gasteiger partial charge on any atom is -0.388 e. The van der Waals surface area contributed by atoms with Gasteiger partial charge < -0.3 is 10.4 Å². The number of thioether (sulfide) groups is 1. The van der Waals surface area contributed by atoms with Gasteiger partial charge in [-0.1, -0.05) is 25.7 Å². The van der Waals surface area contributed by atoms with Crippen molar-refractivity contribution in [2.45, 2.75) is 56.3 Å². The van der Waals surface area contributed by atoms with Gasteiger partial charge in [-0.15, -0.1) is 0 Å². The minimum atomic E-state index is -0.662. The lowest BCUT2D eigenvalue weighted by Crippen LogP contribution is -2.44. The van der Waals surface area contributed by atoms with E-state index in [-0.39, 0.29) is 11.2 Å². The molecule has 0 aliphatic heterocycles. The number of hydrogen-bond acceptors (Lipinski definition) is 3. The van der Waals surface area contributed by atoms with Gasteiger partial charge >= 0.3 is 0 Å². The van der Waals surface area contributed by atoms with Crippen molar-refractivity contribution in [2.75, 3.05) is 12.8 Å². The normalized spacial score (nSPS) is 22.2. The summed E-state index contributed by atoms with van der Waals surface area (Å²) in [5, 5.41) is 13.2. The standard InChI is InChI=1S/C12H23NO2S/c1-10(16-2)11(14)13-9-12(15)7-5-3-4-6-8-12/h10,15H,3-9H2,1-2H3,(H,13,14). The number of rotatable bonds is 4. The Kier molecular flexibility index (Phi) is 5.62. The molecule has 3 nitrogen and oxygen atoms in total. The number of nitrogens with one attached hydrogen (secondary N) is 1. The molecular weight excluding hydrogens is 222 g/mol. The van der Waals surface area contributed by atoms with Crippen molar-refractivity contribution < 1.29 is 9.90 Å². The lowest BCUT2D eigenvalue weighted by molar-refractivity contribution is -0.121. The van der Waals surface area contributed by atoms with Crippen LogP contribution in [-0.2, 0) is 4.79 Å². The van der Waals surface area contributed by atoms with Gasteiger partial charge in [-0.25, -0.2) is 0 Å². The first-order valence-electron chi connectivity index (χ1n) is 6.10. The minimum absolute atomic E-state index is 0.0326. The van der Waals surface area contributed by atoms with E-state index >= 15 is 0 Å². The number of aliphatic hydroxyl groups is 1. The second kappa shape index (κ2) is 6.50. The van der Waals surface area contributed by atoms with E-state index in [0.29, 0.717) is 6.54 Å². The van der Waals surface area contributed by atoms with E-state index in [1.54, 1.807) is 0 Å². The van der Waals surface area contributed by atoms with Crippen LogP contribution in [0.4, 0.5) is 0 Å². The average Bonchev–Trinajstić information content (AvgIpc) is 2.50. The van der Waals surface area contributed by atoms with Crippen molar-refractivity contribution in [3.05, 3.63) is 0 Å². The highest BCUT2D eigenvalue weighted by molar-refractivity contribution is 7.99. The summed E-state index contributed by atoms with van der Waals surface area (Å²) in [5.74, 6) is 0.0326. The van der Waals surface area contributed by atoms with Crippen LogP contribution < -0.4 is 5.32 Å². The lowest BCUT2D eigenvalue weighted by atomic mass is 9.94. The van der Waals surface area contributed by atoms with Gasteiger partial charge in [-0.05, 0) is 26.0 Å². The van der Waals surface area contributed by atoms with E-state index in [2.05, 4.69) is 5.32 Å². The Labute approximate surface area is 102 Å². The molecule has 0 bridgehead atoms. The molecule has 1 rings (SSSR count). The Morgan fingerprint density at radius 3 is 2.44 bits per heavy atom. The maximum atomic E-state index is 11.6. The second-order valence-corrected chi connectivity index (χ2v) is 5.91. The van der Waals surface area contributed by atoms with Crippen LogP contribution >= 0.6 is 11.8 Å². The van der Waals surface area contributed by atoms with E-state index in [0.717, 1.165) is 25.7 Å². The smallest absolute Gasteiger partial charge is 0.232 e. The van der Waals surface area contributed by atoms with E-state index in [9.17, 15) is 9.90 Å². The van der Waals surface area contributed by atoms with Gasteiger partial charge in [0.1, 0.15) is 0 Å². The molecule has 0 aromatic rings. The summed E-state index contributed by atoms with van der Waals surface area (Å²) in [5.41, 5.74) is -0.662. The van der Waals surface area contributed by atoms with Gasteiger partial charge in [0.15, 0.2) is 0 Å². The Morgan fingerprint density at radius 2 is 1.94 bits per heavy atom. The summed E-state index contributed by atoms with van der Waals surface area (Å²) in [6.45, 7) is 2.30. The molecule has 0 saturated heterocycles. The highest BCUT2D eigenvalue weighted by atomic mass is 32.2. The first-order valence-corrected chi connectivity index (χ1v) is 7.39. The van der Waals surface area contributed by atoms with Gasteiger partial charge in [0, 0.05) is 6.54 Å². The second-order valence-electron chi connectivity index (χ2n) is 4.73. The van der Waals surface area contributed by atoms with E-state index < -0.39 is 5.60 Å². The van der Waals surface area contributed by atoms with Gasteiger partial charge in [0.2, 0.25) is 5.91 Å². The molecule has 0 heterocycles. The van der Waals surface area contributed by atoms with Gasteiger partial charge in [0.05, 0.1) is 10.9 Å². The summed E-state index contributed by atoms with van der Waals surface area (Å²) in [6.07, 6.45) is 8.12. The van der Waals surface area contributed by atoms with E-state index in [4.69, 9.17) is 0 Å². The van der Waals surface area contributed by atoms with Crippen LogP contribution in [0.1, 0.15) is 45.4 Å². The van der Waals surface area contributed by atoms with Crippen LogP contribution in [0.2, 0.25) is 0 Å². The molecule has 1 saturated carbocycles. The molecule has 1 amide bonds. The third kappa shape index (κ3) is 4.34. The maximum Gasteiger partial charge on any atom is 0.232 e. The fourth-order valence-corrected chi connectivity index (χ4v) is 2.36. The number of hydrogen-bond donors (Lipinski definition) is 2.